The van der Waals surface area contributed by atoms with E-state index in [9.17, 15) is 0 Å². The SMILES string of the molecule is Nc1nccc(Sc2ccc3nc(N4CC5CCC(C4)C5N)cnc3n2)c1Cl. The van der Waals surface area contributed by atoms with Gasteiger partial charge in [0, 0.05) is 30.2 Å². The van der Waals surface area contributed by atoms with Crippen LogP contribution in [0.2, 0.25) is 5.02 Å². The van der Waals surface area contributed by atoms with Crippen LogP contribution >= 0.6 is 23.4 Å². The van der Waals surface area contributed by atoms with E-state index in [1.54, 1.807) is 6.20 Å². The Morgan fingerprint density at radius 3 is 2.64 bits per heavy atom. The van der Waals surface area contributed by atoms with Crippen molar-refractivity contribution < 1.29 is 0 Å². The molecule has 3 aromatic heterocycles. The van der Waals surface area contributed by atoms with Crippen LogP contribution in [0.25, 0.3) is 11.2 Å². The molecule has 1 aliphatic heterocycles. The van der Waals surface area contributed by atoms with E-state index < -0.39 is 0 Å². The molecule has 2 bridgehead atoms. The summed E-state index contributed by atoms with van der Waals surface area (Å²) in [6, 6.07) is 6.03. The Labute approximate surface area is 171 Å². The molecular weight excluding hydrogens is 394 g/mol. The monoisotopic (exact) mass is 413 g/mol. The van der Waals surface area contributed by atoms with Gasteiger partial charge in [0.15, 0.2) is 5.65 Å². The summed E-state index contributed by atoms with van der Waals surface area (Å²) in [4.78, 5) is 21.1. The molecule has 0 aromatic carbocycles. The second-order valence-electron chi connectivity index (χ2n) is 7.41. The molecule has 4 N–H and O–H groups in total. The van der Waals surface area contributed by atoms with Crippen molar-refractivity contribution in [2.75, 3.05) is 23.7 Å². The summed E-state index contributed by atoms with van der Waals surface area (Å²) >= 11 is 7.66. The third kappa shape index (κ3) is 3.15. The van der Waals surface area contributed by atoms with Crippen molar-refractivity contribution in [3.05, 3.63) is 35.6 Å². The number of halogens is 1. The molecule has 5 rings (SSSR count). The summed E-state index contributed by atoms with van der Waals surface area (Å²) < 4.78 is 0. The first-order chi connectivity index (χ1) is 13.6. The number of aromatic nitrogens is 4. The Kier molecular flexibility index (Phi) is 4.49. The zero-order valence-electron chi connectivity index (χ0n) is 15.1. The average Bonchev–Trinajstić information content (AvgIpc) is 2.91. The number of pyridine rings is 2. The highest BCUT2D eigenvalue weighted by molar-refractivity contribution is 7.99. The number of piperidine rings is 1. The highest BCUT2D eigenvalue weighted by Crippen LogP contribution is 2.37. The van der Waals surface area contributed by atoms with E-state index in [4.69, 9.17) is 28.1 Å². The van der Waals surface area contributed by atoms with Crippen molar-refractivity contribution in [2.45, 2.75) is 28.8 Å². The van der Waals surface area contributed by atoms with Gasteiger partial charge in [0.2, 0.25) is 0 Å². The number of rotatable bonds is 3. The van der Waals surface area contributed by atoms with Gasteiger partial charge in [0.1, 0.15) is 22.2 Å². The van der Waals surface area contributed by atoms with E-state index in [1.807, 2.05) is 24.4 Å². The number of fused-ring (bicyclic) bond motifs is 3. The minimum atomic E-state index is 0.312. The van der Waals surface area contributed by atoms with Crippen molar-refractivity contribution in [2.24, 2.45) is 17.6 Å². The summed E-state index contributed by atoms with van der Waals surface area (Å²) in [5, 5.41) is 1.22. The van der Waals surface area contributed by atoms with Gasteiger partial charge in [-0.15, -0.1) is 0 Å². The Morgan fingerprint density at radius 2 is 1.86 bits per heavy atom. The van der Waals surface area contributed by atoms with Crippen molar-refractivity contribution in [3.8, 4) is 0 Å². The van der Waals surface area contributed by atoms with Gasteiger partial charge in [-0.25, -0.2) is 19.9 Å². The van der Waals surface area contributed by atoms with E-state index in [2.05, 4.69) is 19.9 Å². The Morgan fingerprint density at radius 1 is 1.07 bits per heavy atom. The molecule has 144 valence electrons. The van der Waals surface area contributed by atoms with E-state index in [-0.39, 0.29) is 0 Å². The lowest BCUT2D eigenvalue weighted by Gasteiger charge is -2.36. The minimum Gasteiger partial charge on any atom is -0.382 e. The standard InChI is InChI=1S/C19H20ClN7S/c20-16-13(5-6-23-18(16)22)28-15-4-3-12-19(26-15)24-7-14(25-12)27-8-10-1-2-11(9-27)17(10)21/h3-7,10-11,17H,1-2,8-9,21H2,(H2,22,23). The van der Waals surface area contributed by atoms with Crippen molar-refractivity contribution in [1.82, 2.24) is 19.9 Å². The molecule has 0 spiro atoms. The molecule has 1 aliphatic carbocycles. The fourth-order valence-electron chi connectivity index (χ4n) is 4.17. The number of hydrogen-bond acceptors (Lipinski definition) is 8. The number of nitrogen functional groups attached to an aromatic ring is 1. The summed E-state index contributed by atoms with van der Waals surface area (Å²) in [7, 11) is 0. The molecule has 2 atom stereocenters. The van der Waals surface area contributed by atoms with Gasteiger partial charge in [-0.3, -0.25) is 0 Å². The summed E-state index contributed by atoms with van der Waals surface area (Å²) in [6.07, 6.45) is 5.88. The quantitative estimate of drug-likeness (QED) is 0.674. The second kappa shape index (κ2) is 7.02. The Bertz CT molecular complexity index is 1030. The Balaban J connectivity index is 1.40. The zero-order chi connectivity index (χ0) is 19.3. The lowest BCUT2D eigenvalue weighted by atomic mass is 9.93. The normalized spacial score (nSPS) is 24.1. The van der Waals surface area contributed by atoms with Crippen LogP contribution in [0.15, 0.2) is 40.5 Å². The van der Waals surface area contributed by atoms with E-state index in [0.29, 0.717) is 34.4 Å². The summed E-state index contributed by atoms with van der Waals surface area (Å²) in [5.41, 5.74) is 13.5. The average molecular weight is 414 g/mol. The molecule has 28 heavy (non-hydrogen) atoms. The highest BCUT2D eigenvalue weighted by atomic mass is 35.5. The van der Waals surface area contributed by atoms with Crippen LogP contribution in [0.4, 0.5) is 11.6 Å². The molecule has 0 radical (unpaired) electrons. The van der Waals surface area contributed by atoms with Crippen LogP contribution in [0, 0.1) is 11.8 Å². The van der Waals surface area contributed by atoms with Crippen LogP contribution in [0.5, 0.6) is 0 Å². The lowest BCUT2D eigenvalue weighted by molar-refractivity contribution is 0.355. The van der Waals surface area contributed by atoms with Gasteiger partial charge in [-0.05, 0) is 42.9 Å². The molecule has 2 unspecified atom stereocenters. The van der Waals surface area contributed by atoms with Gasteiger partial charge in [-0.2, -0.15) is 0 Å². The van der Waals surface area contributed by atoms with Gasteiger partial charge >= 0.3 is 0 Å². The van der Waals surface area contributed by atoms with Gasteiger partial charge < -0.3 is 16.4 Å². The predicted molar refractivity (Wildman–Crippen MR) is 112 cm³/mol. The number of hydrogen-bond donors (Lipinski definition) is 2. The van der Waals surface area contributed by atoms with Gasteiger partial charge in [0.25, 0.3) is 0 Å². The van der Waals surface area contributed by atoms with E-state index >= 15 is 0 Å². The molecule has 1 saturated carbocycles. The van der Waals surface area contributed by atoms with Crippen LogP contribution in [-0.4, -0.2) is 39.1 Å². The van der Waals surface area contributed by atoms with Crippen molar-refractivity contribution >= 4 is 46.2 Å². The topological polar surface area (TPSA) is 107 Å². The van der Waals surface area contributed by atoms with Crippen molar-refractivity contribution in [1.29, 1.82) is 0 Å². The molecule has 7 nitrogen and oxygen atoms in total. The smallest absolute Gasteiger partial charge is 0.179 e. The third-order valence-corrected chi connectivity index (χ3v) is 7.20. The van der Waals surface area contributed by atoms with Gasteiger partial charge in [0.05, 0.1) is 11.2 Å². The fraction of sp³-hybridized carbons (Fsp3) is 0.368. The van der Waals surface area contributed by atoms with Crippen LogP contribution in [-0.2, 0) is 0 Å². The van der Waals surface area contributed by atoms with Crippen LogP contribution in [0.3, 0.4) is 0 Å². The van der Waals surface area contributed by atoms with Crippen LogP contribution in [0.1, 0.15) is 12.8 Å². The predicted octanol–water partition coefficient (Wildman–Crippen LogP) is 2.98. The number of anilines is 2. The maximum Gasteiger partial charge on any atom is 0.179 e. The zero-order valence-corrected chi connectivity index (χ0v) is 16.7. The maximum atomic E-state index is 6.32. The molecule has 1 saturated heterocycles. The van der Waals surface area contributed by atoms with E-state index in [0.717, 1.165) is 34.3 Å². The van der Waals surface area contributed by atoms with Gasteiger partial charge in [-0.1, -0.05) is 23.4 Å². The first-order valence-corrected chi connectivity index (χ1v) is 10.5. The molecular formula is C19H20ClN7S. The lowest BCUT2D eigenvalue weighted by Crippen LogP contribution is -2.49. The van der Waals surface area contributed by atoms with Crippen molar-refractivity contribution in [3.63, 3.8) is 0 Å². The Hall–Kier alpha value is -2.16. The number of nitrogens with two attached hydrogens (primary N) is 2. The molecule has 9 heteroatoms. The summed E-state index contributed by atoms with van der Waals surface area (Å²) in [5.74, 6) is 2.34. The molecule has 2 aliphatic rings. The molecule has 3 aromatic rings. The molecule has 4 heterocycles. The molecule has 2 fully saturated rings. The van der Waals surface area contributed by atoms with E-state index in [1.165, 1.54) is 24.6 Å². The first kappa shape index (κ1) is 17.9. The molecule has 0 amide bonds. The largest absolute Gasteiger partial charge is 0.382 e. The minimum absolute atomic E-state index is 0.312. The number of nitrogens with zero attached hydrogens (tertiary/aromatic N) is 5. The van der Waals surface area contributed by atoms with Crippen LogP contribution < -0.4 is 16.4 Å². The first-order valence-electron chi connectivity index (χ1n) is 9.30. The fourth-order valence-corrected chi connectivity index (χ4v) is 5.21. The maximum absolute atomic E-state index is 6.32. The third-order valence-electron chi connectivity index (χ3n) is 5.69. The highest BCUT2D eigenvalue weighted by Gasteiger charge is 2.40. The second-order valence-corrected chi connectivity index (χ2v) is 8.85. The summed E-state index contributed by atoms with van der Waals surface area (Å²) in [6.45, 7) is 1.92.